The number of anilines is 2. The first-order valence-electron chi connectivity index (χ1n) is 9.58. The van der Waals surface area contributed by atoms with E-state index < -0.39 is 0 Å². The van der Waals surface area contributed by atoms with Crippen molar-refractivity contribution in [2.75, 3.05) is 16.8 Å². The van der Waals surface area contributed by atoms with Gasteiger partial charge in [-0.2, -0.15) is 0 Å². The van der Waals surface area contributed by atoms with Gasteiger partial charge >= 0.3 is 0 Å². The topological polar surface area (TPSA) is 49.4 Å². The zero-order valence-corrected chi connectivity index (χ0v) is 15.9. The van der Waals surface area contributed by atoms with Crippen LogP contribution in [0.4, 0.5) is 11.4 Å². The molecule has 0 bridgehead atoms. The van der Waals surface area contributed by atoms with Crippen molar-refractivity contribution in [3.05, 3.63) is 95.6 Å². The molecule has 29 heavy (non-hydrogen) atoms. The first-order valence-corrected chi connectivity index (χ1v) is 9.58. The Hall–Kier alpha value is -3.84. The summed E-state index contributed by atoms with van der Waals surface area (Å²) in [6, 6.07) is 24.4. The Labute approximate surface area is 170 Å². The fourth-order valence-corrected chi connectivity index (χ4v) is 3.28. The van der Waals surface area contributed by atoms with Crippen LogP contribution in [0.15, 0.2) is 78.9 Å². The summed E-state index contributed by atoms with van der Waals surface area (Å²) >= 11 is 0. The molecule has 0 aromatic heterocycles. The van der Waals surface area contributed by atoms with E-state index in [4.69, 9.17) is 0 Å². The van der Waals surface area contributed by atoms with Gasteiger partial charge < -0.3 is 10.2 Å². The Bertz CT molecular complexity index is 1110. The molecule has 0 saturated carbocycles. The fraction of sp³-hybridized carbons (Fsp3) is 0.120. The van der Waals surface area contributed by atoms with Crippen LogP contribution >= 0.6 is 0 Å². The maximum atomic E-state index is 12.7. The van der Waals surface area contributed by atoms with Crippen molar-refractivity contribution >= 4 is 23.2 Å². The maximum absolute atomic E-state index is 12.7. The Morgan fingerprint density at radius 2 is 1.62 bits per heavy atom. The van der Waals surface area contributed by atoms with Gasteiger partial charge in [0.15, 0.2) is 0 Å². The molecule has 2 amide bonds. The highest BCUT2D eigenvalue weighted by Crippen LogP contribution is 2.23. The molecule has 3 aromatic carbocycles. The first kappa shape index (κ1) is 18.5. The summed E-state index contributed by atoms with van der Waals surface area (Å²) in [5, 5.41) is 2.92. The molecule has 1 saturated heterocycles. The minimum absolute atomic E-state index is 0.104. The molecule has 1 N–H and O–H groups in total. The number of rotatable bonds is 3. The molecule has 1 heterocycles. The van der Waals surface area contributed by atoms with E-state index in [-0.39, 0.29) is 11.8 Å². The van der Waals surface area contributed by atoms with Crippen molar-refractivity contribution in [2.24, 2.45) is 0 Å². The lowest BCUT2D eigenvalue weighted by molar-refractivity contribution is -0.117. The summed E-state index contributed by atoms with van der Waals surface area (Å²) in [5.74, 6) is 6.12. The number of amides is 2. The van der Waals surface area contributed by atoms with Gasteiger partial charge in [0.25, 0.3) is 5.91 Å². The number of nitrogens with one attached hydrogen (secondary N) is 1. The van der Waals surface area contributed by atoms with E-state index in [1.807, 2.05) is 60.7 Å². The Morgan fingerprint density at radius 3 is 2.41 bits per heavy atom. The van der Waals surface area contributed by atoms with Crippen LogP contribution in [0, 0.1) is 11.8 Å². The van der Waals surface area contributed by atoms with Crippen LogP contribution in [0.5, 0.6) is 0 Å². The van der Waals surface area contributed by atoms with Crippen LogP contribution in [-0.2, 0) is 4.79 Å². The van der Waals surface area contributed by atoms with Gasteiger partial charge in [-0.25, -0.2) is 0 Å². The van der Waals surface area contributed by atoms with Crippen molar-refractivity contribution < 1.29 is 9.59 Å². The average molecular weight is 380 g/mol. The second-order valence-corrected chi connectivity index (χ2v) is 6.85. The zero-order chi connectivity index (χ0) is 20.1. The number of nitrogens with zero attached hydrogens (tertiary/aromatic N) is 1. The lowest BCUT2D eigenvalue weighted by Crippen LogP contribution is -2.24. The quantitative estimate of drug-likeness (QED) is 0.682. The van der Waals surface area contributed by atoms with Crippen molar-refractivity contribution in [1.82, 2.24) is 0 Å². The molecule has 0 spiro atoms. The number of benzene rings is 3. The highest BCUT2D eigenvalue weighted by Gasteiger charge is 2.22. The van der Waals surface area contributed by atoms with Crippen LogP contribution in [0.1, 0.15) is 34.3 Å². The number of hydrogen-bond donors (Lipinski definition) is 1. The maximum Gasteiger partial charge on any atom is 0.255 e. The van der Waals surface area contributed by atoms with Gasteiger partial charge in [-0.05, 0) is 55.0 Å². The van der Waals surface area contributed by atoms with Crippen LogP contribution in [0.2, 0.25) is 0 Å². The Balaban J connectivity index is 1.49. The molecular weight excluding hydrogens is 360 g/mol. The van der Waals surface area contributed by atoms with Gasteiger partial charge in [-0.1, -0.05) is 42.2 Å². The molecule has 0 radical (unpaired) electrons. The zero-order valence-electron chi connectivity index (χ0n) is 15.9. The van der Waals surface area contributed by atoms with Crippen molar-refractivity contribution in [3.63, 3.8) is 0 Å². The lowest BCUT2D eigenvalue weighted by Gasteiger charge is -2.16. The highest BCUT2D eigenvalue weighted by molar-refractivity contribution is 6.05. The largest absolute Gasteiger partial charge is 0.322 e. The summed E-state index contributed by atoms with van der Waals surface area (Å²) < 4.78 is 0. The highest BCUT2D eigenvalue weighted by atomic mass is 16.2. The van der Waals surface area contributed by atoms with Crippen molar-refractivity contribution in [3.8, 4) is 11.8 Å². The number of carbonyl (C=O) groups is 2. The summed E-state index contributed by atoms with van der Waals surface area (Å²) in [6.07, 6.45) is 1.42. The minimum Gasteiger partial charge on any atom is -0.322 e. The summed E-state index contributed by atoms with van der Waals surface area (Å²) in [4.78, 5) is 26.4. The molecule has 1 aliphatic heterocycles. The molecule has 1 aliphatic rings. The fourth-order valence-electron chi connectivity index (χ4n) is 3.28. The van der Waals surface area contributed by atoms with E-state index in [1.165, 1.54) is 0 Å². The van der Waals surface area contributed by atoms with Gasteiger partial charge in [0.05, 0.1) is 0 Å². The third-order valence-electron chi connectivity index (χ3n) is 4.74. The van der Waals surface area contributed by atoms with Gasteiger partial charge in [-0.15, -0.1) is 0 Å². The average Bonchev–Trinajstić information content (AvgIpc) is 3.19. The van der Waals surface area contributed by atoms with Crippen LogP contribution in [-0.4, -0.2) is 18.4 Å². The number of carbonyl (C=O) groups excluding carboxylic acids is 2. The van der Waals surface area contributed by atoms with E-state index in [1.54, 1.807) is 23.1 Å². The van der Waals surface area contributed by atoms with E-state index in [0.717, 1.165) is 23.2 Å². The molecule has 4 nitrogen and oxygen atoms in total. The second-order valence-electron chi connectivity index (χ2n) is 6.85. The van der Waals surface area contributed by atoms with Gasteiger partial charge in [0.2, 0.25) is 5.91 Å². The van der Waals surface area contributed by atoms with Gasteiger partial charge in [0.1, 0.15) is 0 Å². The molecule has 142 valence electrons. The third kappa shape index (κ3) is 4.53. The predicted molar refractivity (Wildman–Crippen MR) is 115 cm³/mol. The van der Waals surface area contributed by atoms with Crippen LogP contribution in [0.25, 0.3) is 0 Å². The SMILES string of the molecule is O=C(Nc1cccc(C#Cc2ccccc2)c1)c1cccc(N2CCCC2=O)c1. The smallest absolute Gasteiger partial charge is 0.255 e. The number of hydrogen-bond acceptors (Lipinski definition) is 2. The van der Waals surface area contributed by atoms with E-state index >= 15 is 0 Å². The first-order chi connectivity index (χ1) is 14.2. The summed E-state index contributed by atoms with van der Waals surface area (Å²) in [6.45, 7) is 0.700. The molecule has 1 fully saturated rings. The van der Waals surface area contributed by atoms with Gasteiger partial charge in [0, 0.05) is 41.0 Å². The summed E-state index contributed by atoms with van der Waals surface area (Å²) in [5.41, 5.74) is 3.72. The molecule has 0 unspecified atom stereocenters. The van der Waals surface area contributed by atoms with Gasteiger partial charge in [-0.3, -0.25) is 9.59 Å². The summed E-state index contributed by atoms with van der Waals surface area (Å²) in [7, 11) is 0. The van der Waals surface area contributed by atoms with E-state index in [2.05, 4.69) is 17.2 Å². The standard InChI is InChI=1S/C25H20N2O2/c28-24-13-6-16-27(24)23-12-5-10-21(18-23)25(29)26-22-11-4-9-20(17-22)15-14-19-7-2-1-3-8-19/h1-5,7-12,17-18H,6,13,16H2,(H,26,29). The predicted octanol–water partition coefficient (Wildman–Crippen LogP) is 4.47. The molecule has 3 aromatic rings. The van der Waals surface area contributed by atoms with Crippen molar-refractivity contribution in [2.45, 2.75) is 12.8 Å². The second kappa shape index (κ2) is 8.45. The normalized spacial score (nSPS) is 13.0. The van der Waals surface area contributed by atoms with E-state index in [9.17, 15) is 9.59 Å². The van der Waals surface area contributed by atoms with Crippen molar-refractivity contribution in [1.29, 1.82) is 0 Å². The molecule has 4 rings (SSSR count). The monoisotopic (exact) mass is 380 g/mol. The Morgan fingerprint density at radius 1 is 0.862 bits per heavy atom. The molecular formula is C25H20N2O2. The molecule has 0 aliphatic carbocycles. The van der Waals surface area contributed by atoms with Crippen LogP contribution in [0.3, 0.4) is 0 Å². The minimum atomic E-state index is -0.216. The third-order valence-corrected chi connectivity index (χ3v) is 4.74. The molecule has 0 atom stereocenters. The van der Waals surface area contributed by atoms with Crippen LogP contribution < -0.4 is 10.2 Å². The molecule has 4 heteroatoms. The Kier molecular flexibility index (Phi) is 5.40. The van der Waals surface area contributed by atoms with E-state index in [0.29, 0.717) is 24.2 Å². The lowest BCUT2D eigenvalue weighted by atomic mass is 10.1.